The van der Waals surface area contributed by atoms with E-state index in [1.54, 1.807) is 23.1 Å². The van der Waals surface area contributed by atoms with E-state index in [4.69, 9.17) is 4.74 Å². The van der Waals surface area contributed by atoms with Crippen LogP contribution in [0.1, 0.15) is 27.2 Å². The zero-order valence-electron chi connectivity index (χ0n) is 12.5. The normalized spacial score (nSPS) is 18.7. The lowest BCUT2D eigenvalue weighted by atomic mass is 10.2. The molecular weight excluding hydrogens is 339 g/mol. The van der Waals surface area contributed by atoms with E-state index in [1.807, 2.05) is 20.8 Å². The van der Waals surface area contributed by atoms with Gasteiger partial charge in [0.05, 0.1) is 10.2 Å². The number of benzene rings is 1. The number of amides is 1. The molecule has 1 unspecified atom stereocenters. The fourth-order valence-electron chi connectivity index (χ4n) is 2.21. The Morgan fingerprint density at radius 1 is 1.48 bits per heavy atom. The van der Waals surface area contributed by atoms with Crippen molar-refractivity contribution < 1.29 is 13.9 Å². The van der Waals surface area contributed by atoms with E-state index in [2.05, 4.69) is 21.2 Å². The summed E-state index contributed by atoms with van der Waals surface area (Å²) in [5.74, 6) is -0.312. The third-order valence-corrected chi connectivity index (χ3v) is 3.76. The summed E-state index contributed by atoms with van der Waals surface area (Å²) in [6, 6.07) is 5.15. The highest BCUT2D eigenvalue weighted by Gasteiger charge is 2.30. The molecule has 1 aromatic carbocycles. The van der Waals surface area contributed by atoms with Gasteiger partial charge in [-0.25, -0.2) is 9.18 Å². The molecule has 1 amide bonds. The van der Waals surface area contributed by atoms with Gasteiger partial charge in [-0.05, 0) is 55.3 Å². The van der Waals surface area contributed by atoms with Gasteiger partial charge in [0, 0.05) is 19.1 Å². The Bertz CT molecular complexity index is 531. The average Bonchev–Trinajstić information content (AvgIpc) is 2.82. The van der Waals surface area contributed by atoms with E-state index >= 15 is 0 Å². The van der Waals surface area contributed by atoms with E-state index in [-0.39, 0.29) is 18.0 Å². The summed E-state index contributed by atoms with van der Waals surface area (Å²) in [5.41, 5.74) is -0.0562. The van der Waals surface area contributed by atoms with E-state index in [1.165, 1.54) is 0 Å². The number of carbonyl (C=O) groups is 1. The van der Waals surface area contributed by atoms with Crippen LogP contribution in [0.3, 0.4) is 0 Å². The molecule has 0 saturated carbocycles. The topological polar surface area (TPSA) is 41.6 Å². The molecule has 1 heterocycles. The molecule has 2 rings (SSSR count). The van der Waals surface area contributed by atoms with Gasteiger partial charge in [0.1, 0.15) is 5.60 Å². The number of carbonyl (C=O) groups excluding carboxylic acids is 1. The fourth-order valence-corrected chi connectivity index (χ4v) is 2.57. The molecule has 4 nitrogen and oxygen atoms in total. The molecule has 6 heteroatoms. The van der Waals surface area contributed by atoms with E-state index in [9.17, 15) is 9.18 Å². The maximum absolute atomic E-state index is 13.9. The number of likely N-dealkylation sites (tertiary alicyclic amines) is 1. The van der Waals surface area contributed by atoms with Gasteiger partial charge in [-0.15, -0.1) is 0 Å². The SMILES string of the molecule is CC(C)(C)OC(=O)N1CCC(Nc2cccc(Br)c2F)C1. The van der Waals surface area contributed by atoms with Gasteiger partial charge < -0.3 is 15.0 Å². The van der Waals surface area contributed by atoms with E-state index in [0.717, 1.165) is 6.42 Å². The average molecular weight is 359 g/mol. The van der Waals surface area contributed by atoms with Crippen LogP contribution in [0.25, 0.3) is 0 Å². The van der Waals surface area contributed by atoms with E-state index < -0.39 is 5.60 Å². The second kappa shape index (κ2) is 6.22. The predicted octanol–water partition coefficient (Wildman–Crippen LogP) is 4.01. The van der Waals surface area contributed by atoms with Crippen LogP contribution in [0.4, 0.5) is 14.9 Å². The summed E-state index contributed by atoms with van der Waals surface area (Å²) in [6.45, 7) is 6.65. The standard InChI is InChI=1S/C15H20BrFN2O2/c1-15(2,3)21-14(20)19-8-7-10(9-19)18-12-6-4-5-11(16)13(12)17/h4-6,10,18H,7-9H2,1-3H3. The number of halogens is 2. The Labute approximate surface area is 132 Å². The van der Waals surface area contributed by atoms with Crippen molar-refractivity contribution in [2.45, 2.75) is 38.8 Å². The molecule has 21 heavy (non-hydrogen) atoms. The molecule has 0 aliphatic carbocycles. The first-order valence-corrected chi connectivity index (χ1v) is 7.74. The monoisotopic (exact) mass is 358 g/mol. The quantitative estimate of drug-likeness (QED) is 0.868. The summed E-state index contributed by atoms with van der Waals surface area (Å²) < 4.78 is 19.7. The number of rotatable bonds is 2. The van der Waals surface area contributed by atoms with Gasteiger partial charge >= 0.3 is 6.09 Å². The number of hydrogen-bond acceptors (Lipinski definition) is 3. The number of nitrogens with one attached hydrogen (secondary N) is 1. The van der Waals surface area contributed by atoms with Crippen LogP contribution in [-0.2, 0) is 4.74 Å². The lowest BCUT2D eigenvalue weighted by molar-refractivity contribution is 0.0293. The highest BCUT2D eigenvalue weighted by Crippen LogP contribution is 2.25. The molecule has 1 aliphatic rings. The van der Waals surface area contributed by atoms with Crippen molar-refractivity contribution in [3.05, 3.63) is 28.5 Å². The molecule has 0 aromatic heterocycles. The van der Waals surface area contributed by atoms with Gasteiger partial charge in [0.15, 0.2) is 5.82 Å². The van der Waals surface area contributed by atoms with Crippen molar-refractivity contribution >= 4 is 27.7 Å². The van der Waals surface area contributed by atoms with Crippen LogP contribution in [0.2, 0.25) is 0 Å². The minimum atomic E-state index is -0.501. The first-order valence-electron chi connectivity index (χ1n) is 6.95. The number of ether oxygens (including phenoxy) is 1. The lowest BCUT2D eigenvalue weighted by Gasteiger charge is -2.24. The third-order valence-electron chi connectivity index (χ3n) is 3.15. The predicted molar refractivity (Wildman–Crippen MR) is 83.9 cm³/mol. The second-order valence-electron chi connectivity index (χ2n) is 6.16. The smallest absolute Gasteiger partial charge is 0.410 e. The maximum Gasteiger partial charge on any atom is 0.410 e. The Kier molecular flexibility index (Phi) is 4.76. The van der Waals surface area contributed by atoms with Crippen LogP contribution in [0.15, 0.2) is 22.7 Å². The fraction of sp³-hybridized carbons (Fsp3) is 0.533. The summed E-state index contributed by atoms with van der Waals surface area (Å²) in [7, 11) is 0. The molecule has 0 radical (unpaired) electrons. The zero-order chi connectivity index (χ0) is 15.6. The Hall–Kier alpha value is -1.30. The maximum atomic E-state index is 13.9. The molecule has 1 atom stereocenters. The van der Waals surface area contributed by atoms with Crippen molar-refractivity contribution in [1.29, 1.82) is 0 Å². The lowest BCUT2D eigenvalue weighted by Crippen LogP contribution is -2.36. The van der Waals surface area contributed by atoms with Gasteiger partial charge in [-0.1, -0.05) is 6.07 Å². The highest BCUT2D eigenvalue weighted by molar-refractivity contribution is 9.10. The molecule has 1 aliphatic heterocycles. The molecular formula is C15H20BrFN2O2. The molecule has 1 N–H and O–H groups in total. The zero-order valence-corrected chi connectivity index (χ0v) is 14.0. The van der Waals surface area contributed by atoms with Crippen LogP contribution < -0.4 is 5.32 Å². The molecule has 116 valence electrons. The van der Waals surface area contributed by atoms with Crippen LogP contribution in [0.5, 0.6) is 0 Å². The first-order chi connectivity index (χ1) is 9.76. The van der Waals surface area contributed by atoms with Crippen molar-refractivity contribution in [3.8, 4) is 0 Å². The molecule has 1 saturated heterocycles. The second-order valence-corrected chi connectivity index (χ2v) is 7.01. The van der Waals surface area contributed by atoms with Crippen molar-refractivity contribution in [3.63, 3.8) is 0 Å². The summed E-state index contributed by atoms with van der Waals surface area (Å²) in [5, 5.41) is 3.14. The molecule has 0 bridgehead atoms. The largest absolute Gasteiger partial charge is 0.444 e. The Morgan fingerprint density at radius 3 is 2.86 bits per heavy atom. The van der Waals surface area contributed by atoms with Crippen molar-refractivity contribution in [2.75, 3.05) is 18.4 Å². The van der Waals surface area contributed by atoms with Gasteiger partial charge in [-0.3, -0.25) is 0 Å². The van der Waals surface area contributed by atoms with Crippen LogP contribution in [0, 0.1) is 5.82 Å². The summed E-state index contributed by atoms with van der Waals surface area (Å²) in [6.07, 6.45) is 0.451. The summed E-state index contributed by atoms with van der Waals surface area (Å²) in [4.78, 5) is 13.6. The summed E-state index contributed by atoms with van der Waals surface area (Å²) >= 11 is 3.16. The molecule has 1 fully saturated rings. The molecule has 1 aromatic rings. The number of hydrogen-bond donors (Lipinski definition) is 1. The number of nitrogens with zero attached hydrogens (tertiary/aromatic N) is 1. The van der Waals surface area contributed by atoms with Gasteiger partial charge in [-0.2, -0.15) is 0 Å². The van der Waals surface area contributed by atoms with Crippen LogP contribution in [-0.4, -0.2) is 35.7 Å². The molecule has 0 spiro atoms. The van der Waals surface area contributed by atoms with E-state index in [0.29, 0.717) is 23.2 Å². The van der Waals surface area contributed by atoms with Crippen LogP contribution >= 0.6 is 15.9 Å². The number of anilines is 1. The Balaban J connectivity index is 1.94. The highest BCUT2D eigenvalue weighted by atomic mass is 79.9. The van der Waals surface area contributed by atoms with Crippen molar-refractivity contribution in [1.82, 2.24) is 4.90 Å². The Morgan fingerprint density at radius 2 is 2.19 bits per heavy atom. The first kappa shape index (κ1) is 16.1. The van der Waals surface area contributed by atoms with Gasteiger partial charge in [0.25, 0.3) is 0 Å². The minimum absolute atomic E-state index is 0.0290. The minimum Gasteiger partial charge on any atom is -0.444 e. The third kappa shape index (κ3) is 4.33. The van der Waals surface area contributed by atoms with Gasteiger partial charge in [0.2, 0.25) is 0 Å². The van der Waals surface area contributed by atoms with Crippen molar-refractivity contribution in [2.24, 2.45) is 0 Å².